The first-order chi connectivity index (χ1) is 8.00. The summed E-state index contributed by atoms with van der Waals surface area (Å²) in [7, 11) is 0. The van der Waals surface area contributed by atoms with Gasteiger partial charge in [-0.2, -0.15) is 0 Å². The molecule has 0 unspecified atom stereocenters. The van der Waals surface area contributed by atoms with Crippen molar-refractivity contribution < 1.29 is 0 Å². The van der Waals surface area contributed by atoms with Crippen molar-refractivity contribution in [2.75, 3.05) is 11.5 Å². The van der Waals surface area contributed by atoms with Gasteiger partial charge in [-0.25, -0.2) is 0 Å². The Morgan fingerprint density at radius 3 is 1.82 bits per heavy atom. The van der Waals surface area contributed by atoms with E-state index in [-0.39, 0.29) is 0 Å². The fourth-order valence-electron chi connectivity index (χ4n) is 0.977. The van der Waals surface area contributed by atoms with E-state index < -0.39 is 0 Å². The van der Waals surface area contributed by atoms with Crippen LogP contribution in [0.5, 0.6) is 0 Å². The van der Waals surface area contributed by atoms with Crippen LogP contribution in [0.4, 0.5) is 11.4 Å². The third-order valence-electron chi connectivity index (χ3n) is 1.87. The first-order valence-electron chi connectivity index (χ1n) is 4.71. The van der Waals surface area contributed by atoms with Crippen LogP contribution in [0.2, 0.25) is 0 Å². The quantitative estimate of drug-likeness (QED) is 0.435. The molecule has 2 aromatic rings. The highest BCUT2D eigenvalue weighted by Gasteiger charge is 1.92. The summed E-state index contributed by atoms with van der Waals surface area (Å²) in [6, 6.07) is 13.4. The van der Waals surface area contributed by atoms with E-state index in [0.29, 0.717) is 0 Å². The van der Waals surface area contributed by atoms with Gasteiger partial charge >= 0.3 is 0 Å². The summed E-state index contributed by atoms with van der Waals surface area (Å²) in [5.74, 6) is 0. The number of hydrogen-bond acceptors (Lipinski definition) is 2. The van der Waals surface area contributed by atoms with Gasteiger partial charge in [0.1, 0.15) is 0 Å². The molecule has 0 aliphatic heterocycles. The number of hydrogen-bond donors (Lipinski definition) is 2. The molecule has 0 aliphatic rings. The molecular formula is C12H11Br2IN2. The van der Waals surface area contributed by atoms with Gasteiger partial charge in [-0.15, -0.1) is 0 Å². The second kappa shape index (κ2) is 7.23. The molecule has 0 aliphatic carbocycles. The van der Waals surface area contributed by atoms with Crippen LogP contribution in [-0.2, 0) is 0 Å². The lowest BCUT2D eigenvalue weighted by Gasteiger charge is -1.95. The molecule has 0 spiro atoms. The number of benzene rings is 2. The number of halogens is 3. The highest BCUT2D eigenvalue weighted by atomic mass is 127. The molecule has 0 bridgehead atoms. The molecule has 90 valence electrons. The maximum Gasteiger partial charge on any atom is 0.0459 e. The fraction of sp³-hybridized carbons (Fsp3) is 0. The normalized spacial score (nSPS) is 9.35. The minimum Gasteiger partial charge on any atom is -0.398 e. The Labute approximate surface area is 131 Å². The van der Waals surface area contributed by atoms with Crippen molar-refractivity contribution in [3.63, 3.8) is 0 Å². The van der Waals surface area contributed by atoms with E-state index in [9.17, 15) is 0 Å². The van der Waals surface area contributed by atoms with Crippen LogP contribution >= 0.6 is 54.5 Å². The van der Waals surface area contributed by atoms with E-state index in [1.807, 2.05) is 42.5 Å². The molecule has 0 aromatic heterocycles. The molecule has 0 amide bonds. The standard InChI is InChI=1S/C6H5BrIN.C6H6BrN/c7-5-3-4(8)1-2-6(5)9;7-5-3-1-2-4-6(5)8/h1-3H,9H2;1-4H,8H2. The van der Waals surface area contributed by atoms with E-state index in [1.54, 1.807) is 0 Å². The highest BCUT2D eigenvalue weighted by molar-refractivity contribution is 14.1. The zero-order valence-corrected chi connectivity index (χ0v) is 14.2. The lowest BCUT2D eigenvalue weighted by molar-refractivity contribution is 1.59. The van der Waals surface area contributed by atoms with Gasteiger partial charge in [-0.05, 0) is 84.8 Å². The molecule has 2 nitrogen and oxygen atoms in total. The van der Waals surface area contributed by atoms with Crippen LogP contribution in [0.1, 0.15) is 0 Å². The van der Waals surface area contributed by atoms with Crippen LogP contribution in [0, 0.1) is 3.57 Å². The first kappa shape index (κ1) is 14.8. The van der Waals surface area contributed by atoms with Gasteiger partial charge in [0.05, 0.1) is 0 Å². The predicted molar refractivity (Wildman–Crippen MR) is 89.8 cm³/mol. The van der Waals surface area contributed by atoms with Gasteiger partial charge in [-0.3, -0.25) is 0 Å². The van der Waals surface area contributed by atoms with E-state index in [0.717, 1.165) is 20.3 Å². The van der Waals surface area contributed by atoms with Gasteiger partial charge in [0.15, 0.2) is 0 Å². The molecule has 0 fully saturated rings. The summed E-state index contributed by atoms with van der Waals surface area (Å²) in [5, 5.41) is 0. The Morgan fingerprint density at radius 2 is 1.41 bits per heavy atom. The molecule has 0 saturated heterocycles. The topological polar surface area (TPSA) is 52.0 Å². The van der Waals surface area contributed by atoms with E-state index in [2.05, 4.69) is 54.5 Å². The Morgan fingerprint density at radius 1 is 0.824 bits per heavy atom. The van der Waals surface area contributed by atoms with Crippen molar-refractivity contribution in [1.29, 1.82) is 0 Å². The fourth-order valence-corrected chi connectivity index (χ4v) is 2.56. The molecule has 2 rings (SSSR count). The number of nitrogens with two attached hydrogens (primary N) is 2. The zero-order valence-electron chi connectivity index (χ0n) is 8.83. The molecule has 2 aromatic carbocycles. The smallest absolute Gasteiger partial charge is 0.0459 e. The molecule has 0 radical (unpaired) electrons. The van der Waals surface area contributed by atoms with Crippen LogP contribution in [0.3, 0.4) is 0 Å². The first-order valence-corrected chi connectivity index (χ1v) is 7.37. The largest absolute Gasteiger partial charge is 0.398 e. The minimum absolute atomic E-state index is 0.785. The summed E-state index contributed by atoms with van der Waals surface area (Å²) in [6.07, 6.45) is 0. The maximum atomic E-state index is 5.54. The van der Waals surface area contributed by atoms with Gasteiger partial charge in [-0.1, -0.05) is 12.1 Å². The highest BCUT2D eigenvalue weighted by Crippen LogP contribution is 2.20. The minimum atomic E-state index is 0.785. The lowest BCUT2D eigenvalue weighted by Crippen LogP contribution is -1.85. The van der Waals surface area contributed by atoms with Crippen molar-refractivity contribution in [3.8, 4) is 0 Å². The van der Waals surface area contributed by atoms with Gasteiger partial charge in [0.2, 0.25) is 0 Å². The van der Waals surface area contributed by atoms with Crippen LogP contribution in [0.15, 0.2) is 51.4 Å². The Hall–Kier alpha value is -0.270. The van der Waals surface area contributed by atoms with Gasteiger partial charge in [0, 0.05) is 23.9 Å². The second-order valence-corrected chi connectivity index (χ2v) is 6.14. The molecule has 0 saturated carbocycles. The molecule has 5 heteroatoms. The molecule has 0 heterocycles. The summed E-state index contributed by atoms with van der Waals surface area (Å²) < 4.78 is 3.11. The average molecular weight is 470 g/mol. The van der Waals surface area contributed by atoms with Crippen LogP contribution in [0.25, 0.3) is 0 Å². The molecule has 0 atom stereocenters. The van der Waals surface area contributed by atoms with E-state index in [1.165, 1.54) is 3.57 Å². The number of anilines is 2. The Bertz CT molecular complexity index is 483. The van der Waals surface area contributed by atoms with Crippen molar-refractivity contribution in [3.05, 3.63) is 55.0 Å². The second-order valence-electron chi connectivity index (χ2n) is 3.19. The zero-order chi connectivity index (χ0) is 12.8. The van der Waals surface area contributed by atoms with E-state index in [4.69, 9.17) is 11.5 Å². The molecule has 4 N–H and O–H groups in total. The van der Waals surface area contributed by atoms with Crippen molar-refractivity contribution in [2.24, 2.45) is 0 Å². The lowest BCUT2D eigenvalue weighted by atomic mass is 10.3. The Kier molecular flexibility index (Phi) is 6.29. The average Bonchev–Trinajstić information content (AvgIpc) is 2.29. The summed E-state index contributed by atoms with van der Waals surface area (Å²) >= 11 is 8.82. The van der Waals surface area contributed by atoms with Crippen LogP contribution in [-0.4, -0.2) is 0 Å². The number of para-hydroxylation sites is 1. The third-order valence-corrected chi connectivity index (χ3v) is 3.95. The molecule has 17 heavy (non-hydrogen) atoms. The van der Waals surface area contributed by atoms with Crippen LogP contribution < -0.4 is 11.5 Å². The van der Waals surface area contributed by atoms with Crippen molar-refractivity contribution in [1.82, 2.24) is 0 Å². The summed E-state index contributed by atoms with van der Waals surface area (Å²) in [6.45, 7) is 0. The number of nitrogen functional groups attached to an aromatic ring is 2. The Balaban J connectivity index is 0.000000171. The van der Waals surface area contributed by atoms with Gasteiger partial charge in [0.25, 0.3) is 0 Å². The van der Waals surface area contributed by atoms with Crippen molar-refractivity contribution >= 4 is 65.8 Å². The summed E-state index contributed by atoms with van der Waals surface area (Å²) in [5.41, 5.74) is 12.6. The predicted octanol–water partition coefficient (Wildman–Crippen LogP) is 4.67. The van der Waals surface area contributed by atoms with Crippen molar-refractivity contribution in [2.45, 2.75) is 0 Å². The summed E-state index contributed by atoms with van der Waals surface area (Å²) in [4.78, 5) is 0. The molecular weight excluding hydrogens is 459 g/mol. The SMILES string of the molecule is Nc1ccc(I)cc1Br.Nc1ccccc1Br. The number of rotatable bonds is 0. The monoisotopic (exact) mass is 468 g/mol. The third kappa shape index (κ3) is 5.27. The maximum absolute atomic E-state index is 5.54. The van der Waals surface area contributed by atoms with Gasteiger partial charge < -0.3 is 11.5 Å². The van der Waals surface area contributed by atoms with E-state index >= 15 is 0 Å².